The lowest BCUT2D eigenvalue weighted by Crippen LogP contribution is -2.36. The minimum absolute atomic E-state index is 0.430. The van der Waals surface area contributed by atoms with Gasteiger partial charge < -0.3 is 0 Å². The van der Waals surface area contributed by atoms with Crippen LogP contribution in [0.25, 0.3) is 0 Å². The highest BCUT2D eigenvalue weighted by atomic mass is 14.4. The average Bonchev–Trinajstić information content (AvgIpc) is 2.34. The number of rotatable bonds is 4. The summed E-state index contributed by atoms with van der Waals surface area (Å²) in [5, 5.41) is 0. The molecule has 0 spiro atoms. The van der Waals surface area contributed by atoms with Crippen LogP contribution in [-0.2, 0) is 11.8 Å². The Hall–Kier alpha value is -0.780. The normalized spacial score (nSPS) is 27.8. The van der Waals surface area contributed by atoms with Crippen LogP contribution in [0.3, 0.4) is 0 Å². The van der Waals surface area contributed by atoms with E-state index in [9.17, 15) is 0 Å². The zero-order valence-electron chi connectivity index (χ0n) is 11.6. The molecule has 0 heterocycles. The van der Waals surface area contributed by atoms with E-state index in [0.717, 1.165) is 5.92 Å². The van der Waals surface area contributed by atoms with Crippen LogP contribution in [0.1, 0.15) is 64.0 Å². The fourth-order valence-electron chi connectivity index (χ4n) is 3.83. The van der Waals surface area contributed by atoms with Crippen molar-refractivity contribution in [2.45, 2.75) is 64.7 Å². The number of benzene rings is 1. The Morgan fingerprint density at radius 3 is 2.65 bits per heavy atom. The van der Waals surface area contributed by atoms with Gasteiger partial charge in [0, 0.05) is 0 Å². The standard InChI is InChI=1S/C17H26/c1-4-8-15-12-11-14-9-6-7-10-16(14)17(15,3)13-5-2/h6-7,9-10,15H,4-5,8,11-13H2,1-3H3. The van der Waals surface area contributed by atoms with Gasteiger partial charge in [0.2, 0.25) is 0 Å². The first-order chi connectivity index (χ1) is 8.22. The van der Waals surface area contributed by atoms with Crippen LogP contribution in [0.5, 0.6) is 0 Å². The van der Waals surface area contributed by atoms with Gasteiger partial charge in [-0.2, -0.15) is 0 Å². The molecule has 17 heavy (non-hydrogen) atoms. The molecule has 0 radical (unpaired) electrons. The molecule has 0 amide bonds. The topological polar surface area (TPSA) is 0 Å². The lowest BCUT2D eigenvalue weighted by atomic mass is 9.61. The van der Waals surface area contributed by atoms with Crippen molar-refractivity contribution in [3.8, 4) is 0 Å². The maximum absolute atomic E-state index is 2.51. The van der Waals surface area contributed by atoms with E-state index >= 15 is 0 Å². The number of aryl methyl sites for hydroxylation is 1. The van der Waals surface area contributed by atoms with Crippen LogP contribution < -0.4 is 0 Å². The summed E-state index contributed by atoms with van der Waals surface area (Å²) in [6.45, 7) is 7.16. The van der Waals surface area contributed by atoms with Crippen molar-refractivity contribution in [2.75, 3.05) is 0 Å². The number of hydrogen-bond donors (Lipinski definition) is 0. The van der Waals surface area contributed by atoms with E-state index in [2.05, 4.69) is 45.0 Å². The molecule has 94 valence electrons. The summed E-state index contributed by atoms with van der Waals surface area (Å²) in [7, 11) is 0. The van der Waals surface area contributed by atoms with Gasteiger partial charge in [-0.25, -0.2) is 0 Å². The van der Waals surface area contributed by atoms with Crippen molar-refractivity contribution < 1.29 is 0 Å². The summed E-state index contributed by atoms with van der Waals surface area (Å²) >= 11 is 0. The lowest BCUT2D eigenvalue weighted by molar-refractivity contribution is 0.221. The van der Waals surface area contributed by atoms with E-state index in [4.69, 9.17) is 0 Å². The van der Waals surface area contributed by atoms with Crippen LogP contribution in [-0.4, -0.2) is 0 Å². The zero-order valence-corrected chi connectivity index (χ0v) is 11.6. The quantitative estimate of drug-likeness (QED) is 0.674. The van der Waals surface area contributed by atoms with Crippen LogP contribution >= 0.6 is 0 Å². The molecule has 2 unspecified atom stereocenters. The van der Waals surface area contributed by atoms with Gasteiger partial charge in [0.25, 0.3) is 0 Å². The molecule has 0 heteroatoms. The van der Waals surface area contributed by atoms with Gasteiger partial charge in [-0.1, -0.05) is 57.9 Å². The maximum Gasteiger partial charge on any atom is -0.00443 e. The van der Waals surface area contributed by atoms with Gasteiger partial charge in [0.05, 0.1) is 0 Å². The molecule has 1 aliphatic rings. The van der Waals surface area contributed by atoms with E-state index in [1.807, 2.05) is 0 Å². The van der Waals surface area contributed by atoms with Gasteiger partial charge >= 0.3 is 0 Å². The molecular formula is C17H26. The first kappa shape index (κ1) is 12.7. The first-order valence-electron chi connectivity index (χ1n) is 7.30. The average molecular weight is 230 g/mol. The smallest absolute Gasteiger partial charge is 0.00443 e. The Morgan fingerprint density at radius 1 is 1.18 bits per heavy atom. The molecule has 0 fully saturated rings. The predicted molar refractivity (Wildman–Crippen MR) is 75.4 cm³/mol. The van der Waals surface area contributed by atoms with E-state index in [1.165, 1.54) is 38.5 Å². The van der Waals surface area contributed by atoms with Crippen molar-refractivity contribution in [2.24, 2.45) is 5.92 Å². The Morgan fingerprint density at radius 2 is 1.94 bits per heavy atom. The van der Waals surface area contributed by atoms with Crippen LogP contribution in [0.15, 0.2) is 24.3 Å². The minimum atomic E-state index is 0.430. The predicted octanol–water partition coefficient (Wildman–Crippen LogP) is 5.11. The van der Waals surface area contributed by atoms with Gasteiger partial charge in [-0.15, -0.1) is 0 Å². The molecule has 0 bridgehead atoms. The molecule has 1 aromatic carbocycles. The molecule has 0 aliphatic heterocycles. The molecule has 0 aromatic heterocycles. The first-order valence-corrected chi connectivity index (χ1v) is 7.30. The molecule has 0 N–H and O–H groups in total. The molecule has 1 aromatic rings. The van der Waals surface area contributed by atoms with Crippen molar-refractivity contribution in [3.63, 3.8) is 0 Å². The van der Waals surface area contributed by atoms with Crippen LogP contribution in [0.4, 0.5) is 0 Å². The second-order valence-corrected chi connectivity index (χ2v) is 5.85. The third kappa shape index (κ3) is 2.27. The Bertz CT molecular complexity index is 366. The van der Waals surface area contributed by atoms with Gasteiger partial charge in [-0.05, 0) is 48.1 Å². The Labute approximate surface area is 106 Å². The van der Waals surface area contributed by atoms with Gasteiger partial charge in [0.1, 0.15) is 0 Å². The monoisotopic (exact) mass is 230 g/mol. The molecule has 2 rings (SSSR count). The summed E-state index contributed by atoms with van der Waals surface area (Å²) in [6.07, 6.45) is 8.04. The lowest BCUT2D eigenvalue weighted by Gasteiger charge is -2.43. The third-order valence-corrected chi connectivity index (χ3v) is 4.70. The molecule has 2 atom stereocenters. The maximum atomic E-state index is 2.51. The largest absolute Gasteiger partial charge is 0.0654 e. The fraction of sp³-hybridized carbons (Fsp3) is 0.647. The number of fused-ring (bicyclic) bond motifs is 1. The third-order valence-electron chi connectivity index (χ3n) is 4.70. The molecule has 1 aliphatic carbocycles. The molecule has 0 saturated heterocycles. The van der Waals surface area contributed by atoms with Crippen molar-refractivity contribution in [1.29, 1.82) is 0 Å². The summed E-state index contributed by atoms with van der Waals surface area (Å²) in [4.78, 5) is 0. The number of hydrogen-bond acceptors (Lipinski definition) is 0. The van der Waals surface area contributed by atoms with Crippen molar-refractivity contribution in [3.05, 3.63) is 35.4 Å². The molecule has 0 nitrogen and oxygen atoms in total. The highest BCUT2D eigenvalue weighted by Crippen LogP contribution is 2.46. The fourth-order valence-corrected chi connectivity index (χ4v) is 3.83. The van der Waals surface area contributed by atoms with Gasteiger partial charge in [-0.3, -0.25) is 0 Å². The summed E-state index contributed by atoms with van der Waals surface area (Å²) in [6, 6.07) is 9.14. The molecule has 0 saturated carbocycles. The SMILES string of the molecule is CCCC1CCc2ccccc2C1(C)CCC. The summed E-state index contributed by atoms with van der Waals surface area (Å²) < 4.78 is 0. The van der Waals surface area contributed by atoms with E-state index in [1.54, 1.807) is 11.1 Å². The second kappa shape index (κ2) is 5.25. The summed E-state index contributed by atoms with van der Waals surface area (Å²) in [5.74, 6) is 0.891. The van der Waals surface area contributed by atoms with E-state index < -0.39 is 0 Å². The summed E-state index contributed by atoms with van der Waals surface area (Å²) in [5.41, 5.74) is 3.68. The Balaban J connectivity index is 2.38. The van der Waals surface area contributed by atoms with Crippen molar-refractivity contribution in [1.82, 2.24) is 0 Å². The second-order valence-electron chi connectivity index (χ2n) is 5.85. The van der Waals surface area contributed by atoms with Crippen LogP contribution in [0, 0.1) is 5.92 Å². The minimum Gasteiger partial charge on any atom is -0.0654 e. The highest BCUT2D eigenvalue weighted by Gasteiger charge is 2.38. The van der Waals surface area contributed by atoms with Gasteiger partial charge in [0.15, 0.2) is 0 Å². The van der Waals surface area contributed by atoms with Crippen molar-refractivity contribution >= 4 is 0 Å². The van der Waals surface area contributed by atoms with Crippen LogP contribution in [0.2, 0.25) is 0 Å². The van der Waals surface area contributed by atoms with E-state index in [-0.39, 0.29) is 0 Å². The Kier molecular flexibility index (Phi) is 3.91. The highest BCUT2D eigenvalue weighted by molar-refractivity contribution is 5.37. The molecular weight excluding hydrogens is 204 g/mol. The zero-order chi connectivity index (χ0) is 12.3. The van der Waals surface area contributed by atoms with E-state index in [0.29, 0.717) is 5.41 Å².